The van der Waals surface area contributed by atoms with Crippen LogP contribution in [-0.2, 0) is 14.8 Å². The summed E-state index contributed by atoms with van der Waals surface area (Å²) in [5, 5.41) is 1.73. The zero-order valence-corrected chi connectivity index (χ0v) is 19.0. The fraction of sp³-hybridized carbons (Fsp3) is 0.545. The highest BCUT2D eigenvalue weighted by Crippen LogP contribution is 2.25. The van der Waals surface area contributed by atoms with Crippen LogP contribution in [-0.4, -0.2) is 60.0 Å². The first-order valence-corrected chi connectivity index (χ1v) is 11.9. The Labute approximate surface area is 179 Å². The van der Waals surface area contributed by atoms with Gasteiger partial charge in [0, 0.05) is 43.5 Å². The summed E-state index contributed by atoms with van der Waals surface area (Å²) < 4.78 is 34.1. The molecule has 0 radical (unpaired) electrons. The summed E-state index contributed by atoms with van der Waals surface area (Å²) in [5.74, 6) is 0. The molecule has 1 aliphatic rings. The number of benzene rings is 1. The van der Waals surface area contributed by atoms with Gasteiger partial charge < -0.3 is 9.64 Å². The lowest BCUT2D eigenvalue weighted by Gasteiger charge is -2.32. The minimum Gasteiger partial charge on any atom is -0.444 e. The Kier molecular flexibility index (Phi) is 6.67. The fourth-order valence-electron chi connectivity index (χ4n) is 3.68. The van der Waals surface area contributed by atoms with Gasteiger partial charge in [-0.1, -0.05) is 12.5 Å². The molecule has 164 valence electrons. The molecule has 7 nitrogen and oxygen atoms in total. The van der Waals surface area contributed by atoms with Crippen LogP contribution in [0.5, 0.6) is 0 Å². The van der Waals surface area contributed by atoms with Gasteiger partial charge in [-0.2, -0.15) is 4.31 Å². The molecule has 1 amide bonds. The normalized spacial score (nSPS) is 19.7. The number of sulfonamides is 1. The first-order valence-electron chi connectivity index (χ1n) is 10.4. The lowest BCUT2D eigenvalue weighted by atomic mass is 10.2. The first kappa shape index (κ1) is 22.5. The van der Waals surface area contributed by atoms with Crippen LogP contribution in [0.3, 0.4) is 0 Å². The Morgan fingerprint density at radius 3 is 2.57 bits per heavy atom. The molecule has 8 heteroatoms. The summed E-state index contributed by atoms with van der Waals surface area (Å²) in [6.07, 6.45) is 5.40. The Morgan fingerprint density at radius 2 is 1.83 bits per heavy atom. The molecule has 0 bridgehead atoms. The zero-order chi connectivity index (χ0) is 21.9. The number of nitrogens with zero attached hydrogens (tertiary/aromatic N) is 3. The summed E-state index contributed by atoms with van der Waals surface area (Å²) in [6.45, 7) is 8.64. The average molecular weight is 434 g/mol. The molecule has 2 aromatic rings. The molecule has 0 aliphatic carbocycles. The van der Waals surface area contributed by atoms with Gasteiger partial charge in [-0.3, -0.25) is 4.98 Å². The van der Waals surface area contributed by atoms with Gasteiger partial charge in [0.05, 0.1) is 4.90 Å². The number of rotatable bonds is 2. The molecule has 2 heterocycles. The van der Waals surface area contributed by atoms with Crippen LogP contribution in [0, 0.1) is 0 Å². The highest BCUT2D eigenvalue weighted by molar-refractivity contribution is 7.89. The first-order chi connectivity index (χ1) is 14.1. The maximum atomic E-state index is 13.5. The number of pyridine rings is 1. The van der Waals surface area contributed by atoms with Gasteiger partial charge in [0.15, 0.2) is 0 Å². The summed E-state index contributed by atoms with van der Waals surface area (Å²) in [6, 6.07) is 6.54. The number of ether oxygens (including phenoxy) is 1. The van der Waals surface area contributed by atoms with E-state index in [0.717, 1.165) is 30.0 Å². The SMILES string of the molecule is CC1CN(C(=O)OC(C)(C)C)CCCCCN1S(=O)(=O)c1ccc2cnccc2c1. The van der Waals surface area contributed by atoms with Crippen molar-refractivity contribution in [1.29, 1.82) is 0 Å². The van der Waals surface area contributed by atoms with Gasteiger partial charge in [0.25, 0.3) is 0 Å². The molecule has 0 N–H and O–H groups in total. The van der Waals surface area contributed by atoms with Gasteiger partial charge >= 0.3 is 6.09 Å². The summed E-state index contributed by atoms with van der Waals surface area (Å²) in [4.78, 5) is 18.6. The van der Waals surface area contributed by atoms with E-state index in [-0.39, 0.29) is 10.9 Å². The number of aromatic nitrogens is 1. The van der Waals surface area contributed by atoms with E-state index in [2.05, 4.69) is 4.98 Å². The molecule has 1 unspecified atom stereocenters. The molecule has 1 aromatic heterocycles. The Bertz CT molecular complexity index is 1000. The minimum absolute atomic E-state index is 0.260. The third kappa shape index (κ3) is 5.29. The van der Waals surface area contributed by atoms with Crippen LogP contribution in [0.1, 0.15) is 47.0 Å². The van der Waals surface area contributed by atoms with E-state index < -0.39 is 21.7 Å². The monoisotopic (exact) mass is 433 g/mol. The molecule has 0 spiro atoms. The largest absolute Gasteiger partial charge is 0.444 e. The smallest absolute Gasteiger partial charge is 0.410 e. The van der Waals surface area contributed by atoms with Crippen molar-refractivity contribution >= 4 is 26.9 Å². The second kappa shape index (κ2) is 8.89. The van der Waals surface area contributed by atoms with Crippen molar-refractivity contribution in [2.75, 3.05) is 19.6 Å². The van der Waals surface area contributed by atoms with Crippen molar-refractivity contribution in [3.63, 3.8) is 0 Å². The van der Waals surface area contributed by atoms with E-state index in [1.165, 1.54) is 4.31 Å². The van der Waals surface area contributed by atoms with Gasteiger partial charge in [0.1, 0.15) is 5.60 Å². The van der Waals surface area contributed by atoms with Crippen molar-refractivity contribution in [3.05, 3.63) is 36.7 Å². The Morgan fingerprint density at radius 1 is 1.10 bits per heavy atom. The van der Waals surface area contributed by atoms with E-state index in [0.29, 0.717) is 19.6 Å². The Hall–Kier alpha value is -2.19. The van der Waals surface area contributed by atoms with Crippen LogP contribution < -0.4 is 0 Å². The second-order valence-corrected chi connectivity index (χ2v) is 10.7. The molecule has 1 saturated heterocycles. The number of carbonyl (C=O) groups is 1. The van der Waals surface area contributed by atoms with Gasteiger partial charge in [-0.05, 0) is 64.1 Å². The molecular formula is C22H31N3O4S. The molecule has 3 rings (SSSR count). The van der Waals surface area contributed by atoms with Crippen molar-refractivity contribution in [2.24, 2.45) is 0 Å². The second-order valence-electron chi connectivity index (χ2n) is 8.84. The maximum absolute atomic E-state index is 13.5. The van der Waals surface area contributed by atoms with Crippen molar-refractivity contribution in [3.8, 4) is 0 Å². The maximum Gasteiger partial charge on any atom is 0.410 e. The molecular weight excluding hydrogens is 402 g/mol. The van der Waals surface area contributed by atoms with Gasteiger partial charge in [-0.25, -0.2) is 13.2 Å². The zero-order valence-electron chi connectivity index (χ0n) is 18.2. The van der Waals surface area contributed by atoms with E-state index in [9.17, 15) is 13.2 Å². The van der Waals surface area contributed by atoms with E-state index in [1.54, 1.807) is 41.6 Å². The van der Waals surface area contributed by atoms with E-state index >= 15 is 0 Å². The molecule has 1 fully saturated rings. The minimum atomic E-state index is -3.71. The molecule has 1 atom stereocenters. The van der Waals surface area contributed by atoms with Gasteiger partial charge in [0.2, 0.25) is 10.0 Å². The fourth-order valence-corrected chi connectivity index (χ4v) is 5.37. The molecule has 0 saturated carbocycles. The highest BCUT2D eigenvalue weighted by atomic mass is 32.2. The summed E-state index contributed by atoms with van der Waals surface area (Å²) >= 11 is 0. The lowest BCUT2D eigenvalue weighted by molar-refractivity contribution is 0.0222. The van der Waals surface area contributed by atoms with E-state index in [4.69, 9.17) is 4.74 Å². The average Bonchev–Trinajstić information content (AvgIpc) is 2.76. The van der Waals surface area contributed by atoms with Crippen molar-refractivity contribution in [1.82, 2.24) is 14.2 Å². The molecule has 30 heavy (non-hydrogen) atoms. The predicted octanol–water partition coefficient (Wildman–Crippen LogP) is 4.04. The van der Waals surface area contributed by atoms with Crippen molar-refractivity contribution in [2.45, 2.75) is 63.5 Å². The highest BCUT2D eigenvalue weighted by Gasteiger charge is 2.33. The summed E-state index contributed by atoms with van der Waals surface area (Å²) in [7, 11) is -3.71. The third-order valence-electron chi connectivity index (χ3n) is 5.15. The number of amides is 1. The number of carbonyl (C=O) groups excluding carboxylic acids is 1. The van der Waals surface area contributed by atoms with Crippen LogP contribution in [0.25, 0.3) is 10.8 Å². The van der Waals surface area contributed by atoms with Crippen LogP contribution in [0.4, 0.5) is 4.79 Å². The number of hydrogen-bond donors (Lipinski definition) is 0. The topological polar surface area (TPSA) is 79.8 Å². The molecule has 1 aliphatic heterocycles. The number of hydrogen-bond acceptors (Lipinski definition) is 5. The van der Waals surface area contributed by atoms with Gasteiger partial charge in [-0.15, -0.1) is 0 Å². The molecule has 1 aromatic carbocycles. The quantitative estimate of drug-likeness (QED) is 0.714. The predicted molar refractivity (Wildman–Crippen MR) is 117 cm³/mol. The van der Waals surface area contributed by atoms with Crippen LogP contribution in [0.2, 0.25) is 0 Å². The van der Waals surface area contributed by atoms with E-state index in [1.807, 2.05) is 27.7 Å². The van der Waals surface area contributed by atoms with Crippen molar-refractivity contribution < 1.29 is 17.9 Å². The van der Waals surface area contributed by atoms with Crippen LogP contribution in [0.15, 0.2) is 41.6 Å². The lowest BCUT2D eigenvalue weighted by Crippen LogP contribution is -2.47. The standard InChI is InChI=1S/C22H31N3O4S/c1-17-16-24(21(26)29-22(2,3)4)12-6-5-7-13-25(17)30(27,28)20-9-8-19-15-23-11-10-18(19)14-20/h8-11,14-15,17H,5-7,12-13,16H2,1-4H3. The Balaban J connectivity index is 1.87. The van der Waals surface area contributed by atoms with Crippen LogP contribution >= 0.6 is 0 Å². The summed E-state index contributed by atoms with van der Waals surface area (Å²) in [5.41, 5.74) is -0.593. The number of fused-ring (bicyclic) bond motifs is 1. The third-order valence-corrected chi connectivity index (χ3v) is 7.16.